The fourth-order valence-corrected chi connectivity index (χ4v) is 1.25. The first kappa shape index (κ1) is 11.5. The molecule has 2 unspecified atom stereocenters. The fourth-order valence-electron chi connectivity index (χ4n) is 1.25. The topological polar surface area (TPSA) is 49.8 Å². The number of nitriles is 1. The Bertz CT molecular complexity index is 346. The first-order valence-corrected chi connectivity index (χ1v) is 4.24. The van der Waals surface area contributed by atoms with Crippen LogP contribution < -0.4 is 5.73 Å². The Labute approximate surface area is 85.1 Å². The molecule has 0 aliphatic rings. The van der Waals surface area contributed by atoms with Crippen LogP contribution in [-0.4, -0.2) is 12.7 Å². The molecule has 15 heavy (non-hydrogen) atoms. The number of hydrogen-bond acceptors (Lipinski definition) is 2. The third-order valence-electron chi connectivity index (χ3n) is 2.04. The van der Waals surface area contributed by atoms with Gasteiger partial charge in [-0.1, -0.05) is 12.1 Å². The van der Waals surface area contributed by atoms with Crippen molar-refractivity contribution in [2.75, 3.05) is 0 Å². The van der Waals surface area contributed by atoms with Gasteiger partial charge in [-0.2, -0.15) is 5.26 Å². The molecule has 0 spiro atoms. The average Bonchev–Trinajstić information content (AvgIpc) is 2.18. The third-order valence-corrected chi connectivity index (χ3v) is 2.04. The highest BCUT2D eigenvalue weighted by atomic mass is 19.3. The minimum absolute atomic E-state index is 0.0963. The minimum atomic E-state index is -2.86. The third kappa shape index (κ3) is 2.70. The number of hydrogen-bond donors (Lipinski definition) is 1. The van der Waals surface area contributed by atoms with Gasteiger partial charge in [0.25, 0.3) is 0 Å². The number of nitrogens with two attached hydrogens (primary N) is 1. The van der Waals surface area contributed by atoms with E-state index in [1.54, 1.807) is 0 Å². The van der Waals surface area contributed by atoms with Crippen molar-refractivity contribution in [2.45, 2.75) is 18.6 Å². The van der Waals surface area contributed by atoms with E-state index >= 15 is 0 Å². The van der Waals surface area contributed by atoms with E-state index in [-0.39, 0.29) is 5.56 Å². The summed E-state index contributed by atoms with van der Waals surface area (Å²) >= 11 is 0. The summed E-state index contributed by atoms with van der Waals surface area (Å²) < 4.78 is 37.6. The van der Waals surface area contributed by atoms with Gasteiger partial charge in [0.15, 0.2) is 6.30 Å². The van der Waals surface area contributed by atoms with Gasteiger partial charge in [-0.25, -0.2) is 13.2 Å². The number of alkyl halides is 3. The zero-order valence-corrected chi connectivity index (χ0v) is 7.70. The first-order chi connectivity index (χ1) is 7.06. The molecule has 1 rings (SSSR count). The number of benzene rings is 1. The van der Waals surface area contributed by atoms with Crippen LogP contribution in [0.1, 0.15) is 17.0 Å². The predicted molar refractivity (Wildman–Crippen MR) is 49.0 cm³/mol. The lowest BCUT2D eigenvalue weighted by molar-refractivity contribution is 0.0730. The number of nitrogens with zero attached hydrogens (tertiary/aromatic N) is 1. The molecule has 1 aromatic rings. The van der Waals surface area contributed by atoms with Crippen LogP contribution in [0.3, 0.4) is 0 Å². The van der Waals surface area contributed by atoms with E-state index in [0.717, 1.165) is 0 Å². The zero-order valence-electron chi connectivity index (χ0n) is 7.70. The average molecular weight is 214 g/mol. The molecule has 1 aromatic carbocycles. The maximum atomic E-state index is 12.7. The molecule has 0 fully saturated rings. The second kappa shape index (κ2) is 4.80. The highest BCUT2D eigenvalue weighted by Crippen LogP contribution is 2.26. The Morgan fingerprint density at radius 3 is 2.00 bits per heavy atom. The molecule has 0 aliphatic carbocycles. The van der Waals surface area contributed by atoms with Crippen LogP contribution in [0, 0.1) is 11.3 Å². The minimum Gasteiger partial charge on any atom is -0.301 e. The Balaban J connectivity index is 2.98. The molecule has 0 amide bonds. The quantitative estimate of drug-likeness (QED) is 0.784. The summed E-state index contributed by atoms with van der Waals surface area (Å²) in [5.41, 5.74) is 5.26. The SMILES string of the molecule is N#Cc1ccc(C(C(N)F)C(F)F)cc1. The zero-order chi connectivity index (χ0) is 11.4. The van der Waals surface area contributed by atoms with Gasteiger partial charge < -0.3 is 5.73 Å². The van der Waals surface area contributed by atoms with Gasteiger partial charge in [0.2, 0.25) is 6.43 Å². The standard InChI is InChI=1S/C10H9F3N2/c11-9(12)8(10(13)15)7-3-1-6(5-14)2-4-7/h1-4,8-10H,15H2. The van der Waals surface area contributed by atoms with Crippen molar-refractivity contribution in [2.24, 2.45) is 5.73 Å². The Morgan fingerprint density at radius 1 is 1.13 bits per heavy atom. The molecular weight excluding hydrogens is 205 g/mol. The van der Waals surface area contributed by atoms with E-state index in [9.17, 15) is 13.2 Å². The van der Waals surface area contributed by atoms with Gasteiger partial charge in [0.1, 0.15) is 0 Å². The van der Waals surface area contributed by atoms with Crippen LogP contribution in [0.5, 0.6) is 0 Å². The number of halogens is 3. The molecule has 80 valence electrons. The molecule has 0 bridgehead atoms. The normalized spacial score (nSPS) is 14.7. The van der Waals surface area contributed by atoms with Crippen LogP contribution in [0.4, 0.5) is 13.2 Å². The summed E-state index contributed by atoms with van der Waals surface area (Å²) in [4.78, 5) is 0. The van der Waals surface area contributed by atoms with E-state index in [2.05, 4.69) is 0 Å². The lowest BCUT2D eigenvalue weighted by atomic mass is 9.98. The first-order valence-electron chi connectivity index (χ1n) is 4.24. The van der Waals surface area contributed by atoms with E-state index in [4.69, 9.17) is 11.0 Å². The maximum Gasteiger partial charge on any atom is 0.249 e. The van der Waals surface area contributed by atoms with Crippen LogP contribution in [0.25, 0.3) is 0 Å². The molecule has 0 saturated carbocycles. The lowest BCUT2D eigenvalue weighted by Crippen LogP contribution is -2.28. The van der Waals surface area contributed by atoms with Crippen molar-refractivity contribution < 1.29 is 13.2 Å². The summed E-state index contributed by atoms with van der Waals surface area (Å²) in [7, 11) is 0. The Hall–Kier alpha value is -1.54. The summed E-state index contributed by atoms with van der Waals surface area (Å²) in [5.74, 6) is -1.64. The molecule has 0 radical (unpaired) electrons. The molecule has 2 N–H and O–H groups in total. The van der Waals surface area contributed by atoms with Crippen LogP contribution in [-0.2, 0) is 0 Å². The number of rotatable bonds is 3. The van der Waals surface area contributed by atoms with Crippen molar-refractivity contribution >= 4 is 0 Å². The van der Waals surface area contributed by atoms with Gasteiger partial charge in [-0.05, 0) is 17.7 Å². The van der Waals surface area contributed by atoms with Crippen molar-refractivity contribution in [1.82, 2.24) is 0 Å². The van der Waals surface area contributed by atoms with Crippen molar-refractivity contribution in [1.29, 1.82) is 5.26 Å². The van der Waals surface area contributed by atoms with E-state index in [1.165, 1.54) is 24.3 Å². The van der Waals surface area contributed by atoms with Crippen LogP contribution in [0.2, 0.25) is 0 Å². The smallest absolute Gasteiger partial charge is 0.249 e. The molecule has 0 aliphatic heterocycles. The van der Waals surface area contributed by atoms with Crippen LogP contribution in [0.15, 0.2) is 24.3 Å². The van der Waals surface area contributed by atoms with E-state index in [1.807, 2.05) is 6.07 Å². The second-order valence-corrected chi connectivity index (χ2v) is 3.04. The summed E-state index contributed by atoms with van der Waals surface area (Å²) in [5, 5.41) is 8.49. The Kier molecular flexibility index (Phi) is 3.69. The van der Waals surface area contributed by atoms with Crippen molar-refractivity contribution in [3.05, 3.63) is 35.4 Å². The molecule has 0 saturated heterocycles. The lowest BCUT2D eigenvalue weighted by Gasteiger charge is -2.17. The molecule has 5 heteroatoms. The molecule has 2 nitrogen and oxygen atoms in total. The van der Waals surface area contributed by atoms with Gasteiger partial charge in [0.05, 0.1) is 17.6 Å². The van der Waals surface area contributed by atoms with Crippen molar-refractivity contribution in [3.63, 3.8) is 0 Å². The summed E-state index contributed by atoms with van der Waals surface area (Å²) in [6, 6.07) is 7.12. The summed E-state index contributed by atoms with van der Waals surface area (Å²) in [6.45, 7) is 0. The largest absolute Gasteiger partial charge is 0.301 e. The van der Waals surface area contributed by atoms with Gasteiger partial charge >= 0.3 is 0 Å². The van der Waals surface area contributed by atoms with E-state index in [0.29, 0.717) is 5.56 Å². The van der Waals surface area contributed by atoms with Gasteiger partial charge in [0, 0.05) is 0 Å². The molecular formula is C10H9F3N2. The molecule has 0 heterocycles. The molecule has 0 aromatic heterocycles. The fraction of sp³-hybridized carbons (Fsp3) is 0.300. The maximum absolute atomic E-state index is 12.7. The van der Waals surface area contributed by atoms with Gasteiger partial charge in [-0.3, -0.25) is 0 Å². The predicted octanol–water partition coefficient (Wildman–Crippen LogP) is 2.16. The summed E-state index contributed by atoms with van der Waals surface area (Å²) in [6.07, 6.45) is -4.98. The second-order valence-electron chi connectivity index (χ2n) is 3.04. The Morgan fingerprint density at radius 2 is 1.67 bits per heavy atom. The monoisotopic (exact) mass is 214 g/mol. The van der Waals surface area contributed by atoms with Gasteiger partial charge in [-0.15, -0.1) is 0 Å². The van der Waals surface area contributed by atoms with Crippen LogP contribution >= 0.6 is 0 Å². The molecule has 2 atom stereocenters. The highest BCUT2D eigenvalue weighted by Gasteiger charge is 2.28. The van der Waals surface area contributed by atoms with E-state index < -0.39 is 18.6 Å². The highest BCUT2D eigenvalue weighted by molar-refractivity contribution is 5.33. The van der Waals surface area contributed by atoms with Crippen molar-refractivity contribution in [3.8, 4) is 6.07 Å².